The van der Waals surface area contributed by atoms with E-state index in [1.165, 1.54) is 0 Å². The third-order valence-electron chi connectivity index (χ3n) is 2.99. The van der Waals surface area contributed by atoms with E-state index < -0.39 is 0 Å². The summed E-state index contributed by atoms with van der Waals surface area (Å²) >= 11 is 0. The number of carbonyl (C=O) groups is 1. The molecule has 2 N–H and O–H groups in total. The number of hydrogen-bond donors (Lipinski definition) is 2. The van der Waals surface area contributed by atoms with Gasteiger partial charge in [0, 0.05) is 31.3 Å². The summed E-state index contributed by atoms with van der Waals surface area (Å²) in [7, 11) is 0. The maximum Gasteiger partial charge on any atom is 0.227 e. The minimum Gasteiger partial charge on any atom is -0.378 e. The molecule has 2 aromatic rings. The topological polar surface area (TPSA) is 80.5 Å². The Morgan fingerprint density at radius 3 is 3.20 bits per heavy atom. The van der Waals surface area contributed by atoms with E-state index in [4.69, 9.17) is 4.74 Å². The van der Waals surface area contributed by atoms with Gasteiger partial charge in [-0.1, -0.05) is 0 Å². The number of rotatable bonds is 3. The van der Waals surface area contributed by atoms with Crippen LogP contribution in [0.1, 0.15) is 6.42 Å². The zero-order chi connectivity index (χ0) is 13.1. The highest BCUT2D eigenvalue weighted by Gasteiger charge is 2.17. The fraction of sp³-hybridized carbons (Fsp3) is 0.417. The van der Waals surface area contributed by atoms with Gasteiger partial charge in [-0.05, 0) is 6.07 Å². The Hall–Kier alpha value is -1.70. The Labute approximate surface area is 122 Å². The molecule has 0 spiro atoms. The van der Waals surface area contributed by atoms with Gasteiger partial charge < -0.3 is 15.4 Å². The second kappa shape index (κ2) is 6.65. The van der Waals surface area contributed by atoms with Crippen LogP contribution in [0.4, 0.5) is 5.82 Å². The van der Waals surface area contributed by atoms with Crippen molar-refractivity contribution in [2.24, 2.45) is 0 Å². The van der Waals surface area contributed by atoms with Crippen LogP contribution < -0.4 is 10.6 Å². The van der Waals surface area contributed by atoms with Crippen LogP contribution in [0.3, 0.4) is 0 Å². The summed E-state index contributed by atoms with van der Waals surface area (Å²) in [6, 6.07) is 3.58. The summed E-state index contributed by atoms with van der Waals surface area (Å²) in [5.74, 6) is 0.558. The molecule has 1 aliphatic rings. The summed E-state index contributed by atoms with van der Waals surface area (Å²) in [4.78, 5) is 16.1. The van der Waals surface area contributed by atoms with E-state index in [1.807, 2.05) is 0 Å². The lowest BCUT2D eigenvalue weighted by atomic mass is 10.2. The van der Waals surface area contributed by atoms with Crippen LogP contribution >= 0.6 is 12.4 Å². The summed E-state index contributed by atoms with van der Waals surface area (Å²) in [6.45, 7) is 2.06. The number of ether oxygens (including phenoxy) is 1. The molecule has 3 rings (SSSR count). The normalized spacial score (nSPS) is 18.5. The molecule has 0 saturated carbocycles. The molecule has 8 heteroatoms. The summed E-state index contributed by atoms with van der Waals surface area (Å²) in [6.07, 6.45) is 3.67. The number of hydrogen-bond acceptors (Lipinski definition) is 5. The van der Waals surface area contributed by atoms with Gasteiger partial charge in [-0.15, -0.1) is 12.4 Å². The number of amides is 1. The molecule has 0 radical (unpaired) electrons. The monoisotopic (exact) mass is 297 g/mol. The summed E-state index contributed by atoms with van der Waals surface area (Å²) < 4.78 is 6.92. The fourth-order valence-corrected chi connectivity index (χ4v) is 2.10. The first-order chi connectivity index (χ1) is 9.33. The predicted molar refractivity (Wildman–Crippen MR) is 76.1 cm³/mol. The van der Waals surface area contributed by atoms with E-state index in [2.05, 4.69) is 20.7 Å². The maximum absolute atomic E-state index is 12.0. The molecule has 1 saturated heterocycles. The molecule has 108 valence electrons. The number of nitrogens with zero attached hydrogens (tertiary/aromatic N) is 3. The first-order valence-electron chi connectivity index (χ1n) is 6.22. The van der Waals surface area contributed by atoms with E-state index in [0.29, 0.717) is 31.1 Å². The minimum atomic E-state index is -0.0639. The molecule has 0 aliphatic carbocycles. The average Bonchev–Trinajstić information content (AvgIpc) is 2.89. The van der Waals surface area contributed by atoms with Gasteiger partial charge in [0.25, 0.3) is 0 Å². The highest BCUT2D eigenvalue weighted by Crippen LogP contribution is 2.09. The second-order valence-electron chi connectivity index (χ2n) is 4.41. The number of nitrogens with one attached hydrogen (secondary N) is 2. The zero-order valence-corrected chi connectivity index (χ0v) is 11.6. The molecule has 20 heavy (non-hydrogen) atoms. The maximum atomic E-state index is 12.0. The van der Waals surface area contributed by atoms with Crippen molar-refractivity contribution in [1.29, 1.82) is 0 Å². The highest BCUT2D eigenvalue weighted by atomic mass is 35.5. The van der Waals surface area contributed by atoms with Crippen LogP contribution in [-0.2, 0) is 9.53 Å². The second-order valence-corrected chi connectivity index (χ2v) is 4.41. The van der Waals surface area contributed by atoms with Crippen molar-refractivity contribution in [3.8, 4) is 0 Å². The number of aromatic nitrogens is 3. The van der Waals surface area contributed by atoms with Gasteiger partial charge in [-0.2, -0.15) is 9.61 Å². The molecule has 2 aromatic heterocycles. The van der Waals surface area contributed by atoms with Crippen molar-refractivity contribution in [1.82, 2.24) is 19.9 Å². The van der Waals surface area contributed by atoms with Gasteiger partial charge in [0.05, 0.1) is 19.4 Å². The van der Waals surface area contributed by atoms with Crippen LogP contribution in [0.5, 0.6) is 0 Å². The summed E-state index contributed by atoms with van der Waals surface area (Å²) in [5, 5.41) is 10.2. The molecular weight excluding hydrogens is 282 g/mol. The standard InChI is InChI=1S/C12H15N5O2.ClH/c18-12(7-9-8-19-6-5-13-9)16-11-1-3-14-10-2-4-15-17(10)11;/h1-4,9,13H,5-8H2,(H,16,18);1H. The Morgan fingerprint density at radius 2 is 2.40 bits per heavy atom. The van der Waals surface area contributed by atoms with Gasteiger partial charge in [0.2, 0.25) is 5.91 Å². The zero-order valence-electron chi connectivity index (χ0n) is 10.8. The predicted octanol–water partition coefficient (Wildman–Crippen LogP) is 0.468. The fourth-order valence-electron chi connectivity index (χ4n) is 2.10. The lowest BCUT2D eigenvalue weighted by Gasteiger charge is -2.23. The van der Waals surface area contributed by atoms with E-state index in [0.717, 1.165) is 6.54 Å². The number of carbonyl (C=O) groups excluding carboxylic acids is 1. The Morgan fingerprint density at radius 1 is 1.50 bits per heavy atom. The van der Waals surface area contributed by atoms with Crippen LogP contribution in [0.2, 0.25) is 0 Å². The molecule has 1 fully saturated rings. The third kappa shape index (κ3) is 3.24. The molecular formula is C12H16ClN5O2. The quantitative estimate of drug-likeness (QED) is 0.861. The lowest BCUT2D eigenvalue weighted by Crippen LogP contribution is -2.43. The van der Waals surface area contributed by atoms with Gasteiger partial charge in [0.15, 0.2) is 5.65 Å². The first-order valence-corrected chi connectivity index (χ1v) is 6.22. The molecule has 3 heterocycles. The highest BCUT2D eigenvalue weighted by molar-refractivity contribution is 5.90. The van der Waals surface area contributed by atoms with E-state index >= 15 is 0 Å². The van der Waals surface area contributed by atoms with Crippen molar-refractivity contribution in [3.63, 3.8) is 0 Å². The van der Waals surface area contributed by atoms with Crippen molar-refractivity contribution < 1.29 is 9.53 Å². The molecule has 1 aliphatic heterocycles. The molecule has 0 bridgehead atoms. The van der Waals surface area contributed by atoms with Gasteiger partial charge in [0.1, 0.15) is 5.82 Å². The third-order valence-corrected chi connectivity index (χ3v) is 2.99. The Balaban J connectivity index is 0.00000147. The van der Waals surface area contributed by atoms with E-state index in [-0.39, 0.29) is 24.4 Å². The first kappa shape index (κ1) is 14.7. The van der Waals surface area contributed by atoms with Crippen molar-refractivity contribution in [2.75, 3.05) is 25.1 Å². The van der Waals surface area contributed by atoms with E-state index in [1.54, 1.807) is 29.0 Å². The number of morpholine rings is 1. The van der Waals surface area contributed by atoms with Crippen LogP contribution in [-0.4, -0.2) is 46.3 Å². The number of fused-ring (bicyclic) bond motifs is 1. The molecule has 1 unspecified atom stereocenters. The van der Waals surface area contributed by atoms with Crippen LogP contribution in [0.25, 0.3) is 5.65 Å². The lowest BCUT2D eigenvalue weighted by molar-refractivity contribution is -0.117. The molecule has 1 amide bonds. The Bertz CT molecular complexity index is 582. The van der Waals surface area contributed by atoms with Crippen molar-refractivity contribution >= 4 is 29.8 Å². The smallest absolute Gasteiger partial charge is 0.227 e. The van der Waals surface area contributed by atoms with Gasteiger partial charge in [-0.3, -0.25) is 4.79 Å². The molecule has 7 nitrogen and oxygen atoms in total. The van der Waals surface area contributed by atoms with Crippen molar-refractivity contribution in [2.45, 2.75) is 12.5 Å². The van der Waals surface area contributed by atoms with Gasteiger partial charge in [-0.25, -0.2) is 4.98 Å². The summed E-state index contributed by atoms with van der Waals surface area (Å²) in [5.41, 5.74) is 0.705. The van der Waals surface area contributed by atoms with E-state index in [9.17, 15) is 4.79 Å². The van der Waals surface area contributed by atoms with Gasteiger partial charge >= 0.3 is 0 Å². The number of halogens is 1. The SMILES string of the molecule is Cl.O=C(CC1COCCN1)Nc1ccnc2ccnn12. The van der Waals surface area contributed by atoms with Crippen LogP contribution in [0.15, 0.2) is 24.5 Å². The Kier molecular flexibility index (Phi) is 4.89. The van der Waals surface area contributed by atoms with Crippen LogP contribution in [0, 0.1) is 0 Å². The minimum absolute atomic E-state index is 0. The number of anilines is 1. The molecule has 0 aromatic carbocycles. The molecule has 1 atom stereocenters. The average molecular weight is 298 g/mol. The largest absolute Gasteiger partial charge is 0.378 e. The van der Waals surface area contributed by atoms with Crippen molar-refractivity contribution in [3.05, 3.63) is 24.5 Å².